The molecular formula is C20H24BrClN6O2. The first kappa shape index (κ1) is 22.4. The second-order valence-corrected chi connectivity index (χ2v) is 8.30. The highest BCUT2D eigenvalue weighted by molar-refractivity contribution is 9.10. The fourth-order valence-electron chi connectivity index (χ4n) is 3.37. The van der Waals surface area contributed by atoms with Crippen LogP contribution in [0.25, 0.3) is 0 Å². The van der Waals surface area contributed by atoms with E-state index in [0.717, 1.165) is 24.0 Å². The molecule has 1 saturated heterocycles. The zero-order valence-electron chi connectivity index (χ0n) is 16.9. The average Bonchev–Trinajstić information content (AvgIpc) is 2.77. The number of carbonyl (C=O) groups excluding carboxylic acids is 2. The first-order chi connectivity index (χ1) is 14.4. The summed E-state index contributed by atoms with van der Waals surface area (Å²) >= 11 is 9.56. The maximum atomic E-state index is 13.1. The van der Waals surface area contributed by atoms with Crippen LogP contribution in [-0.2, 0) is 4.79 Å². The summed E-state index contributed by atoms with van der Waals surface area (Å²) in [6, 6.07) is 3.53. The molecule has 0 aromatic carbocycles. The number of rotatable bonds is 6. The predicted octanol–water partition coefficient (Wildman–Crippen LogP) is 3.62. The highest BCUT2D eigenvalue weighted by atomic mass is 79.9. The van der Waals surface area contributed by atoms with E-state index in [9.17, 15) is 9.59 Å². The van der Waals surface area contributed by atoms with E-state index in [1.54, 1.807) is 17.2 Å². The van der Waals surface area contributed by atoms with E-state index in [1.807, 2.05) is 24.8 Å². The standard InChI is InChI=1S/C20H24BrClN6O2/c1-3-27(4-2)20-24-11-15(22)17(26-20)19(30)28-9-5-6-13(12-28)18(29)25-16-8-7-14(21)10-23-16/h7-8,10-11,13H,3-6,9,12H2,1-2H3,(H,23,25,29). The summed E-state index contributed by atoms with van der Waals surface area (Å²) in [5.74, 6) is 0.195. The summed E-state index contributed by atoms with van der Waals surface area (Å²) in [5.41, 5.74) is 0.171. The van der Waals surface area contributed by atoms with Crippen molar-refractivity contribution >= 4 is 51.1 Å². The third-order valence-electron chi connectivity index (χ3n) is 5.04. The van der Waals surface area contributed by atoms with Gasteiger partial charge in [0.25, 0.3) is 5.91 Å². The molecule has 2 aromatic rings. The molecule has 1 N–H and O–H groups in total. The number of hydrogen-bond acceptors (Lipinski definition) is 6. The molecule has 0 spiro atoms. The average molecular weight is 496 g/mol. The molecule has 0 aliphatic carbocycles. The number of nitrogens with zero attached hydrogens (tertiary/aromatic N) is 5. The van der Waals surface area contributed by atoms with Crippen molar-refractivity contribution in [2.75, 3.05) is 36.4 Å². The smallest absolute Gasteiger partial charge is 0.274 e. The normalized spacial score (nSPS) is 16.3. The number of nitrogens with one attached hydrogen (secondary N) is 1. The number of carbonyl (C=O) groups is 2. The van der Waals surface area contributed by atoms with Crippen LogP contribution < -0.4 is 10.2 Å². The Morgan fingerprint density at radius 2 is 2.03 bits per heavy atom. The van der Waals surface area contributed by atoms with E-state index >= 15 is 0 Å². The number of halogens is 2. The van der Waals surface area contributed by atoms with Crippen LogP contribution in [0, 0.1) is 5.92 Å². The monoisotopic (exact) mass is 494 g/mol. The van der Waals surface area contributed by atoms with Crippen molar-refractivity contribution in [1.29, 1.82) is 0 Å². The van der Waals surface area contributed by atoms with Crippen LogP contribution in [0.2, 0.25) is 5.02 Å². The Labute approximate surface area is 189 Å². The van der Waals surface area contributed by atoms with E-state index in [-0.39, 0.29) is 28.4 Å². The lowest BCUT2D eigenvalue weighted by Crippen LogP contribution is -2.44. The van der Waals surface area contributed by atoms with Gasteiger partial charge in [-0.05, 0) is 54.8 Å². The van der Waals surface area contributed by atoms with Crippen LogP contribution in [-0.4, -0.2) is 57.8 Å². The summed E-state index contributed by atoms with van der Waals surface area (Å²) in [6.45, 7) is 6.31. The van der Waals surface area contributed by atoms with Gasteiger partial charge in [-0.2, -0.15) is 0 Å². The summed E-state index contributed by atoms with van der Waals surface area (Å²) in [6.07, 6.45) is 4.51. The van der Waals surface area contributed by atoms with Crippen molar-refractivity contribution in [3.05, 3.63) is 39.7 Å². The predicted molar refractivity (Wildman–Crippen MR) is 120 cm³/mol. The van der Waals surface area contributed by atoms with Crippen LogP contribution in [0.15, 0.2) is 29.0 Å². The molecular weight excluding hydrogens is 472 g/mol. The molecule has 3 heterocycles. The van der Waals surface area contributed by atoms with E-state index in [1.165, 1.54) is 6.20 Å². The lowest BCUT2D eigenvalue weighted by atomic mass is 9.97. The van der Waals surface area contributed by atoms with Gasteiger partial charge in [0.15, 0.2) is 5.69 Å². The Morgan fingerprint density at radius 3 is 2.70 bits per heavy atom. The molecule has 10 heteroatoms. The van der Waals surface area contributed by atoms with Crippen molar-refractivity contribution in [3.63, 3.8) is 0 Å². The lowest BCUT2D eigenvalue weighted by Gasteiger charge is -2.32. The van der Waals surface area contributed by atoms with Crippen molar-refractivity contribution in [3.8, 4) is 0 Å². The van der Waals surface area contributed by atoms with Crippen LogP contribution >= 0.6 is 27.5 Å². The third-order valence-corrected chi connectivity index (χ3v) is 5.78. The number of likely N-dealkylation sites (tertiary alicyclic amines) is 1. The number of pyridine rings is 1. The maximum Gasteiger partial charge on any atom is 0.274 e. The highest BCUT2D eigenvalue weighted by Crippen LogP contribution is 2.23. The number of aromatic nitrogens is 3. The number of amides is 2. The molecule has 0 saturated carbocycles. The minimum absolute atomic E-state index is 0.153. The molecule has 2 aromatic heterocycles. The van der Waals surface area contributed by atoms with Crippen LogP contribution in [0.4, 0.5) is 11.8 Å². The van der Waals surface area contributed by atoms with Crippen molar-refractivity contribution < 1.29 is 9.59 Å². The van der Waals surface area contributed by atoms with Crippen molar-refractivity contribution in [2.24, 2.45) is 5.92 Å². The first-order valence-corrected chi connectivity index (χ1v) is 11.1. The summed E-state index contributed by atoms with van der Waals surface area (Å²) in [5, 5.41) is 3.03. The number of hydrogen-bond donors (Lipinski definition) is 1. The van der Waals surface area contributed by atoms with Gasteiger partial charge in [0.05, 0.1) is 17.1 Å². The molecule has 0 bridgehead atoms. The Balaban J connectivity index is 1.71. The first-order valence-electron chi connectivity index (χ1n) is 9.92. The molecule has 1 unspecified atom stereocenters. The molecule has 3 rings (SSSR count). The Kier molecular flexibility index (Phi) is 7.60. The van der Waals surface area contributed by atoms with Gasteiger partial charge >= 0.3 is 0 Å². The summed E-state index contributed by atoms with van der Waals surface area (Å²) in [7, 11) is 0. The van der Waals surface area contributed by atoms with Crippen LogP contribution in [0.1, 0.15) is 37.2 Å². The van der Waals surface area contributed by atoms with Gasteiger partial charge in [-0.25, -0.2) is 15.0 Å². The highest BCUT2D eigenvalue weighted by Gasteiger charge is 2.31. The fourth-order valence-corrected chi connectivity index (χ4v) is 3.78. The van der Waals surface area contributed by atoms with Gasteiger partial charge in [0, 0.05) is 36.8 Å². The van der Waals surface area contributed by atoms with E-state index < -0.39 is 0 Å². The van der Waals surface area contributed by atoms with Gasteiger partial charge in [0.1, 0.15) is 5.82 Å². The molecule has 30 heavy (non-hydrogen) atoms. The molecule has 0 radical (unpaired) electrons. The Morgan fingerprint density at radius 1 is 1.27 bits per heavy atom. The third kappa shape index (κ3) is 5.26. The fraction of sp³-hybridized carbons (Fsp3) is 0.450. The molecule has 160 valence electrons. The number of piperidine rings is 1. The molecule has 1 fully saturated rings. The van der Waals surface area contributed by atoms with Gasteiger partial charge < -0.3 is 15.1 Å². The van der Waals surface area contributed by atoms with E-state index in [4.69, 9.17) is 11.6 Å². The zero-order valence-corrected chi connectivity index (χ0v) is 19.3. The summed E-state index contributed by atoms with van der Waals surface area (Å²) in [4.78, 5) is 42.2. The van der Waals surface area contributed by atoms with Gasteiger partial charge in [0.2, 0.25) is 11.9 Å². The molecule has 2 amide bonds. The van der Waals surface area contributed by atoms with E-state index in [2.05, 4.69) is 36.2 Å². The quantitative estimate of drug-likeness (QED) is 0.658. The van der Waals surface area contributed by atoms with Crippen molar-refractivity contribution in [1.82, 2.24) is 19.9 Å². The molecule has 8 nitrogen and oxygen atoms in total. The molecule has 1 aliphatic rings. The van der Waals surface area contributed by atoms with Gasteiger partial charge in [-0.1, -0.05) is 11.6 Å². The second kappa shape index (κ2) is 10.2. The van der Waals surface area contributed by atoms with Gasteiger partial charge in [-0.3, -0.25) is 9.59 Å². The summed E-state index contributed by atoms with van der Waals surface area (Å²) < 4.78 is 0.834. The SMILES string of the molecule is CCN(CC)c1ncc(Cl)c(C(=O)N2CCCC(C(=O)Nc3ccc(Br)cn3)C2)n1. The van der Waals surface area contributed by atoms with Gasteiger partial charge in [-0.15, -0.1) is 0 Å². The zero-order chi connectivity index (χ0) is 21.7. The second-order valence-electron chi connectivity index (χ2n) is 6.98. The lowest BCUT2D eigenvalue weighted by molar-refractivity contribution is -0.121. The van der Waals surface area contributed by atoms with Crippen LogP contribution in [0.5, 0.6) is 0 Å². The maximum absolute atomic E-state index is 13.1. The topological polar surface area (TPSA) is 91.3 Å². The Hall–Kier alpha value is -2.26. The minimum Gasteiger partial charge on any atom is -0.341 e. The van der Waals surface area contributed by atoms with Crippen LogP contribution in [0.3, 0.4) is 0 Å². The van der Waals surface area contributed by atoms with E-state index in [0.29, 0.717) is 31.3 Å². The molecule has 1 atom stereocenters. The minimum atomic E-state index is -0.323. The Bertz CT molecular complexity index is 907. The number of anilines is 2. The molecule has 1 aliphatic heterocycles. The largest absolute Gasteiger partial charge is 0.341 e. The van der Waals surface area contributed by atoms with Crippen molar-refractivity contribution in [2.45, 2.75) is 26.7 Å².